The third-order valence-corrected chi connectivity index (χ3v) is 3.11. The predicted molar refractivity (Wildman–Crippen MR) is 56.5 cm³/mol. The zero-order chi connectivity index (χ0) is 11.0. The van der Waals surface area contributed by atoms with Crippen LogP contribution < -0.4 is 9.47 Å². The van der Waals surface area contributed by atoms with Gasteiger partial charge in [0.05, 0.1) is 4.92 Å². The first-order valence-electron chi connectivity index (χ1n) is 4.34. The minimum absolute atomic E-state index is 0.0651. The summed E-state index contributed by atoms with van der Waals surface area (Å²) in [6, 6.07) is 1.73. The maximum atomic E-state index is 10.9. The third-order valence-electron chi connectivity index (χ3n) is 2.11. The van der Waals surface area contributed by atoms with Gasteiger partial charge in [0.2, 0.25) is 5.75 Å². The number of nitro groups is 1. The van der Waals surface area contributed by atoms with Crippen LogP contribution in [-0.2, 0) is 0 Å². The van der Waals surface area contributed by atoms with Gasteiger partial charge >= 0.3 is 5.69 Å². The molecule has 1 aliphatic rings. The van der Waals surface area contributed by atoms with Crippen molar-refractivity contribution in [1.82, 2.24) is 0 Å². The highest BCUT2D eigenvalue weighted by Gasteiger charge is 2.28. The minimum atomic E-state index is -0.468. The van der Waals surface area contributed by atoms with Gasteiger partial charge in [-0.2, -0.15) is 0 Å². The lowest BCUT2D eigenvalue weighted by Gasteiger charge is -2.19. The van der Waals surface area contributed by atoms with Crippen LogP contribution in [-0.4, -0.2) is 18.1 Å². The molecule has 80 valence electrons. The average Bonchev–Trinajstić information content (AvgIpc) is 2.19. The van der Waals surface area contributed by atoms with Crippen molar-refractivity contribution in [2.45, 2.75) is 6.92 Å². The number of rotatable bonds is 1. The number of nitrogens with zero attached hydrogens (tertiary/aromatic N) is 1. The fraction of sp³-hybridized carbons (Fsp3) is 0.333. The van der Waals surface area contributed by atoms with E-state index in [2.05, 4.69) is 15.9 Å². The van der Waals surface area contributed by atoms with Crippen LogP contribution in [0.25, 0.3) is 0 Å². The largest absolute Gasteiger partial charge is 0.486 e. The molecular formula is C9H8BrNO4. The second kappa shape index (κ2) is 3.69. The predicted octanol–water partition coefficient (Wildman–Crippen LogP) is 2.44. The molecule has 1 heterocycles. The highest BCUT2D eigenvalue weighted by molar-refractivity contribution is 9.10. The number of ether oxygens (including phenoxy) is 2. The summed E-state index contributed by atoms with van der Waals surface area (Å²) in [6.45, 7) is 2.53. The van der Waals surface area contributed by atoms with Crippen LogP contribution >= 0.6 is 15.9 Å². The van der Waals surface area contributed by atoms with Crippen LogP contribution in [0.1, 0.15) is 5.56 Å². The SMILES string of the molecule is Cc1cc2c(c([N+](=O)[O-])c1Br)OCCO2. The Bertz CT molecular complexity index is 433. The van der Waals surface area contributed by atoms with Gasteiger partial charge in [0.1, 0.15) is 17.7 Å². The lowest BCUT2D eigenvalue weighted by molar-refractivity contribution is -0.387. The Morgan fingerprint density at radius 1 is 1.47 bits per heavy atom. The van der Waals surface area contributed by atoms with Crippen LogP contribution in [0.2, 0.25) is 0 Å². The molecule has 0 spiro atoms. The number of aryl methyl sites for hydroxylation is 1. The van der Waals surface area contributed by atoms with Gasteiger partial charge in [-0.15, -0.1) is 0 Å². The van der Waals surface area contributed by atoms with E-state index in [0.29, 0.717) is 23.4 Å². The highest BCUT2D eigenvalue weighted by atomic mass is 79.9. The molecule has 1 aromatic rings. The first-order chi connectivity index (χ1) is 7.11. The smallest absolute Gasteiger partial charge is 0.329 e. The molecular weight excluding hydrogens is 266 g/mol. The normalized spacial score (nSPS) is 13.7. The molecule has 0 saturated carbocycles. The molecule has 0 N–H and O–H groups in total. The lowest BCUT2D eigenvalue weighted by atomic mass is 10.2. The number of benzene rings is 1. The van der Waals surface area contributed by atoms with Crippen molar-refractivity contribution in [3.8, 4) is 11.5 Å². The first kappa shape index (κ1) is 10.2. The van der Waals surface area contributed by atoms with Crippen LogP contribution in [0.5, 0.6) is 11.5 Å². The maximum Gasteiger partial charge on any atom is 0.329 e. The summed E-state index contributed by atoms with van der Waals surface area (Å²) in [5.74, 6) is 0.650. The number of hydrogen-bond acceptors (Lipinski definition) is 4. The summed E-state index contributed by atoms with van der Waals surface area (Å²) in [7, 11) is 0. The monoisotopic (exact) mass is 273 g/mol. The number of nitro benzene ring substituents is 1. The molecule has 0 bridgehead atoms. The molecule has 5 nitrogen and oxygen atoms in total. The van der Waals surface area contributed by atoms with E-state index < -0.39 is 4.92 Å². The van der Waals surface area contributed by atoms with Gasteiger partial charge in [0.25, 0.3) is 0 Å². The van der Waals surface area contributed by atoms with E-state index in [4.69, 9.17) is 9.47 Å². The molecule has 2 rings (SSSR count). The average molecular weight is 274 g/mol. The van der Waals surface area contributed by atoms with Crippen molar-refractivity contribution < 1.29 is 14.4 Å². The van der Waals surface area contributed by atoms with Crippen molar-refractivity contribution in [2.75, 3.05) is 13.2 Å². The zero-order valence-corrected chi connectivity index (χ0v) is 9.54. The Kier molecular flexibility index (Phi) is 2.52. The summed E-state index contributed by atoms with van der Waals surface area (Å²) in [6.07, 6.45) is 0. The Morgan fingerprint density at radius 2 is 2.13 bits per heavy atom. The summed E-state index contributed by atoms with van der Waals surface area (Å²) < 4.78 is 11.0. The Hall–Kier alpha value is -1.30. The van der Waals surface area contributed by atoms with Crippen molar-refractivity contribution >= 4 is 21.6 Å². The fourth-order valence-corrected chi connectivity index (χ4v) is 1.87. The van der Waals surface area contributed by atoms with Crippen molar-refractivity contribution in [1.29, 1.82) is 0 Å². The highest BCUT2D eigenvalue weighted by Crippen LogP contribution is 2.45. The summed E-state index contributed by atoms with van der Waals surface area (Å²) in [5.41, 5.74) is 0.690. The van der Waals surface area contributed by atoms with Crippen LogP contribution in [0.3, 0.4) is 0 Å². The van der Waals surface area contributed by atoms with Crippen molar-refractivity contribution in [3.05, 3.63) is 26.2 Å². The van der Waals surface area contributed by atoms with Gasteiger partial charge in [-0.25, -0.2) is 0 Å². The van der Waals surface area contributed by atoms with E-state index in [9.17, 15) is 10.1 Å². The van der Waals surface area contributed by atoms with E-state index in [1.54, 1.807) is 13.0 Å². The maximum absolute atomic E-state index is 10.9. The molecule has 0 aromatic heterocycles. The summed E-state index contributed by atoms with van der Waals surface area (Å²) in [5, 5.41) is 10.9. The second-order valence-electron chi connectivity index (χ2n) is 3.14. The van der Waals surface area contributed by atoms with Gasteiger partial charge in [0, 0.05) is 0 Å². The van der Waals surface area contributed by atoms with Crippen LogP contribution in [0, 0.1) is 17.0 Å². The van der Waals surface area contributed by atoms with Gasteiger partial charge in [-0.05, 0) is 34.5 Å². The molecule has 6 heteroatoms. The van der Waals surface area contributed by atoms with Gasteiger partial charge in [-0.3, -0.25) is 10.1 Å². The fourth-order valence-electron chi connectivity index (χ4n) is 1.43. The molecule has 0 fully saturated rings. The van der Waals surface area contributed by atoms with E-state index in [1.165, 1.54) is 0 Å². The molecule has 0 aliphatic carbocycles. The quantitative estimate of drug-likeness (QED) is 0.583. The van der Waals surface area contributed by atoms with Crippen molar-refractivity contribution in [3.63, 3.8) is 0 Å². The molecule has 0 saturated heterocycles. The van der Waals surface area contributed by atoms with E-state index in [1.807, 2.05) is 0 Å². The first-order valence-corrected chi connectivity index (χ1v) is 5.13. The van der Waals surface area contributed by atoms with E-state index >= 15 is 0 Å². The summed E-state index contributed by atoms with van der Waals surface area (Å²) >= 11 is 3.18. The Labute approximate surface area is 94.3 Å². The molecule has 0 unspecified atom stereocenters. The van der Waals surface area contributed by atoms with Gasteiger partial charge < -0.3 is 9.47 Å². The molecule has 0 radical (unpaired) electrons. The number of halogens is 1. The van der Waals surface area contributed by atoms with Gasteiger partial charge in [-0.1, -0.05) is 0 Å². The zero-order valence-electron chi connectivity index (χ0n) is 7.95. The molecule has 0 amide bonds. The lowest BCUT2D eigenvalue weighted by Crippen LogP contribution is -2.16. The standard InChI is InChI=1S/C9H8BrNO4/c1-5-4-6-9(15-3-2-14-6)8(7(5)10)11(12)13/h4H,2-3H2,1H3. The van der Waals surface area contributed by atoms with Crippen LogP contribution in [0.15, 0.2) is 10.5 Å². The topological polar surface area (TPSA) is 61.6 Å². The molecule has 1 aliphatic heterocycles. The van der Waals surface area contributed by atoms with Crippen molar-refractivity contribution in [2.24, 2.45) is 0 Å². The van der Waals surface area contributed by atoms with E-state index in [-0.39, 0.29) is 11.4 Å². The minimum Gasteiger partial charge on any atom is -0.486 e. The Balaban J connectivity index is 2.68. The van der Waals surface area contributed by atoms with Gasteiger partial charge in [0.15, 0.2) is 5.75 Å². The molecule has 1 aromatic carbocycles. The second-order valence-corrected chi connectivity index (χ2v) is 3.93. The number of hydrogen-bond donors (Lipinski definition) is 0. The third kappa shape index (κ3) is 1.65. The molecule has 0 atom stereocenters. The molecule has 15 heavy (non-hydrogen) atoms. The van der Waals surface area contributed by atoms with E-state index in [0.717, 1.165) is 5.56 Å². The van der Waals surface area contributed by atoms with Crippen LogP contribution in [0.4, 0.5) is 5.69 Å². The Morgan fingerprint density at radius 3 is 2.80 bits per heavy atom. The summed E-state index contributed by atoms with van der Waals surface area (Å²) in [4.78, 5) is 10.4. The number of fused-ring (bicyclic) bond motifs is 1.